The molecule has 2 N–H and O–H groups in total. The Hall–Kier alpha value is -1.81. The molecule has 0 saturated carbocycles. The highest BCUT2D eigenvalue weighted by Gasteiger charge is 2.31. The molecule has 4 heteroatoms. The minimum Gasteiger partial charge on any atom is -0.493 e. The van der Waals surface area contributed by atoms with E-state index in [0.717, 1.165) is 18.1 Å². The molecule has 2 heterocycles. The van der Waals surface area contributed by atoms with Crippen molar-refractivity contribution in [1.82, 2.24) is 9.55 Å². The Kier molecular flexibility index (Phi) is 2.80. The van der Waals surface area contributed by atoms with Gasteiger partial charge in [-0.25, -0.2) is 4.98 Å². The summed E-state index contributed by atoms with van der Waals surface area (Å²) in [6.07, 6.45) is 3.78. The second-order valence-corrected chi connectivity index (χ2v) is 4.55. The molecule has 94 valence electrons. The zero-order valence-electron chi connectivity index (χ0n) is 10.4. The van der Waals surface area contributed by atoms with Gasteiger partial charge < -0.3 is 15.0 Å². The zero-order valence-corrected chi connectivity index (χ0v) is 10.4. The lowest BCUT2D eigenvalue weighted by Gasteiger charge is -2.18. The predicted octanol–water partition coefficient (Wildman–Crippen LogP) is 2.08. The summed E-state index contributed by atoms with van der Waals surface area (Å²) in [6, 6.07) is 7.98. The minimum atomic E-state index is -0.122. The molecule has 1 aliphatic rings. The van der Waals surface area contributed by atoms with Crippen LogP contribution in [0.4, 0.5) is 0 Å². The number of hydrogen-bond donors (Lipinski definition) is 1. The summed E-state index contributed by atoms with van der Waals surface area (Å²) in [5, 5.41) is 0. The third-order valence-electron chi connectivity index (χ3n) is 3.56. The fourth-order valence-corrected chi connectivity index (χ4v) is 2.55. The summed E-state index contributed by atoms with van der Waals surface area (Å²) < 4.78 is 7.78. The molecule has 1 aliphatic heterocycles. The first kappa shape index (κ1) is 11.3. The monoisotopic (exact) mass is 243 g/mol. The van der Waals surface area contributed by atoms with Crippen molar-refractivity contribution in [2.45, 2.75) is 25.4 Å². The average molecular weight is 243 g/mol. The van der Waals surface area contributed by atoms with E-state index in [1.165, 1.54) is 5.56 Å². The van der Waals surface area contributed by atoms with Gasteiger partial charge in [-0.3, -0.25) is 0 Å². The lowest BCUT2D eigenvalue weighted by molar-refractivity contribution is 0.310. The van der Waals surface area contributed by atoms with Gasteiger partial charge in [-0.1, -0.05) is 18.2 Å². The van der Waals surface area contributed by atoms with Gasteiger partial charge in [0.2, 0.25) is 0 Å². The van der Waals surface area contributed by atoms with Crippen molar-refractivity contribution in [2.75, 3.05) is 6.61 Å². The number of ether oxygens (including phenoxy) is 1. The number of fused-ring (bicyclic) bond motifs is 1. The van der Waals surface area contributed by atoms with Crippen LogP contribution in [0.25, 0.3) is 0 Å². The van der Waals surface area contributed by atoms with Crippen LogP contribution >= 0.6 is 0 Å². The Morgan fingerprint density at radius 3 is 3.17 bits per heavy atom. The molecule has 3 rings (SSSR count). The third kappa shape index (κ3) is 1.69. The predicted molar refractivity (Wildman–Crippen MR) is 69.5 cm³/mol. The fraction of sp³-hybridized carbons (Fsp3) is 0.357. The van der Waals surface area contributed by atoms with Gasteiger partial charge in [0, 0.05) is 30.4 Å². The Labute approximate surface area is 106 Å². The summed E-state index contributed by atoms with van der Waals surface area (Å²) in [6.45, 7) is 3.62. The first-order valence-corrected chi connectivity index (χ1v) is 6.29. The fourth-order valence-electron chi connectivity index (χ4n) is 2.55. The molecule has 0 saturated heterocycles. The number of hydrogen-bond acceptors (Lipinski definition) is 3. The minimum absolute atomic E-state index is 0.122. The van der Waals surface area contributed by atoms with Crippen molar-refractivity contribution in [3.63, 3.8) is 0 Å². The maximum atomic E-state index is 6.37. The van der Waals surface area contributed by atoms with Crippen LogP contribution in [0.15, 0.2) is 36.7 Å². The maximum absolute atomic E-state index is 6.37. The van der Waals surface area contributed by atoms with Gasteiger partial charge in [-0.2, -0.15) is 0 Å². The van der Waals surface area contributed by atoms with Crippen LogP contribution in [0.2, 0.25) is 0 Å². The maximum Gasteiger partial charge on any atom is 0.126 e. The number of rotatable bonds is 3. The van der Waals surface area contributed by atoms with E-state index in [1.807, 2.05) is 24.4 Å². The van der Waals surface area contributed by atoms with Gasteiger partial charge in [0.1, 0.15) is 11.6 Å². The molecule has 18 heavy (non-hydrogen) atoms. The summed E-state index contributed by atoms with van der Waals surface area (Å²) in [7, 11) is 0. The van der Waals surface area contributed by atoms with Crippen LogP contribution < -0.4 is 10.5 Å². The van der Waals surface area contributed by atoms with Gasteiger partial charge >= 0.3 is 0 Å². The molecule has 1 aromatic heterocycles. The molecule has 0 spiro atoms. The van der Waals surface area contributed by atoms with Crippen molar-refractivity contribution in [3.05, 3.63) is 48.0 Å². The summed E-state index contributed by atoms with van der Waals surface area (Å²) in [4.78, 5) is 4.39. The quantitative estimate of drug-likeness (QED) is 0.898. The Morgan fingerprint density at radius 1 is 1.50 bits per heavy atom. The van der Waals surface area contributed by atoms with Gasteiger partial charge in [0.15, 0.2) is 0 Å². The van der Waals surface area contributed by atoms with Crippen molar-refractivity contribution < 1.29 is 4.74 Å². The van der Waals surface area contributed by atoms with E-state index in [1.54, 1.807) is 6.20 Å². The molecular formula is C14H17N3O. The zero-order chi connectivity index (χ0) is 12.5. The van der Waals surface area contributed by atoms with E-state index >= 15 is 0 Å². The van der Waals surface area contributed by atoms with E-state index in [9.17, 15) is 0 Å². The SMILES string of the molecule is CCn1ccnc1C(N)C1COc2ccccc21. The third-order valence-corrected chi connectivity index (χ3v) is 3.56. The smallest absolute Gasteiger partial charge is 0.126 e. The van der Waals surface area contributed by atoms with Crippen molar-refractivity contribution in [2.24, 2.45) is 5.73 Å². The Morgan fingerprint density at radius 2 is 2.33 bits per heavy atom. The molecule has 4 nitrogen and oxygen atoms in total. The summed E-state index contributed by atoms with van der Waals surface area (Å²) in [5.41, 5.74) is 7.56. The number of nitrogens with two attached hydrogens (primary N) is 1. The number of benzene rings is 1. The van der Waals surface area contributed by atoms with E-state index in [-0.39, 0.29) is 12.0 Å². The lowest BCUT2D eigenvalue weighted by Crippen LogP contribution is -2.24. The Balaban J connectivity index is 1.93. The van der Waals surface area contributed by atoms with Crippen LogP contribution in [0.3, 0.4) is 0 Å². The van der Waals surface area contributed by atoms with Crippen LogP contribution in [0.5, 0.6) is 5.75 Å². The van der Waals surface area contributed by atoms with Crippen LogP contribution in [0.1, 0.15) is 30.3 Å². The molecule has 2 unspecified atom stereocenters. The molecule has 2 atom stereocenters. The van der Waals surface area contributed by atoms with Crippen LogP contribution in [-0.2, 0) is 6.54 Å². The standard InChI is InChI=1S/C14H17N3O/c1-2-17-8-7-16-14(17)13(15)11-9-18-12-6-4-3-5-10(11)12/h3-8,11,13H,2,9,15H2,1H3. The number of aromatic nitrogens is 2. The molecule has 0 radical (unpaired) electrons. The Bertz CT molecular complexity index is 549. The molecule has 2 aromatic rings. The highest BCUT2D eigenvalue weighted by atomic mass is 16.5. The van der Waals surface area contributed by atoms with Crippen molar-refractivity contribution in [3.8, 4) is 5.75 Å². The first-order chi connectivity index (χ1) is 8.81. The highest BCUT2D eigenvalue weighted by Crippen LogP contribution is 2.39. The van der Waals surface area contributed by atoms with Crippen molar-refractivity contribution >= 4 is 0 Å². The van der Waals surface area contributed by atoms with E-state index < -0.39 is 0 Å². The number of nitrogens with zero attached hydrogens (tertiary/aromatic N) is 2. The molecule has 0 amide bonds. The van der Waals surface area contributed by atoms with Crippen LogP contribution in [-0.4, -0.2) is 16.2 Å². The topological polar surface area (TPSA) is 53.1 Å². The van der Waals surface area contributed by atoms with Gasteiger partial charge in [0.05, 0.1) is 12.6 Å². The van der Waals surface area contributed by atoms with E-state index in [2.05, 4.69) is 22.5 Å². The molecule has 0 fully saturated rings. The number of para-hydroxylation sites is 1. The number of imidazole rings is 1. The average Bonchev–Trinajstić information content (AvgIpc) is 3.04. The molecule has 1 aromatic carbocycles. The second kappa shape index (κ2) is 4.46. The molecule has 0 aliphatic carbocycles. The first-order valence-electron chi connectivity index (χ1n) is 6.29. The second-order valence-electron chi connectivity index (χ2n) is 4.55. The van der Waals surface area contributed by atoms with Gasteiger partial charge in [-0.05, 0) is 13.0 Å². The summed E-state index contributed by atoms with van der Waals surface area (Å²) >= 11 is 0. The highest BCUT2D eigenvalue weighted by molar-refractivity contribution is 5.41. The largest absolute Gasteiger partial charge is 0.493 e. The lowest BCUT2D eigenvalue weighted by atomic mass is 9.93. The summed E-state index contributed by atoms with van der Waals surface area (Å²) in [5.74, 6) is 2.07. The van der Waals surface area contributed by atoms with E-state index in [4.69, 9.17) is 10.5 Å². The van der Waals surface area contributed by atoms with E-state index in [0.29, 0.717) is 6.61 Å². The van der Waals surface area contributed by atoms with Gasteiger partial charge in [-0.15, -0.1) is 0 Å². The molecule has 0 bridgehead atoms. The van der Waals surface area contributed by atoms with Crippen LogP contribution in [0, 0.1) is 0 Å². The number of aryl methyl sites for hydroxylation is 1. The van der Waals surface area contributed by atoms with Crippen molar-refractivity contribution in [1.29, 1.82) is 0 Å². The van der Waals surface area contributed by atoms with Gasteiger partial charge in [0.25, 0.3) is 0 Å². The molecular weight excluding hydrogens is 226 g/mol. The normalized spacial score (nSPS) is 19.3.